The van der Waals surface area contributed by atoms with Crippen LogP contribution in [0.5, 0.6) is 0 Å². The predicted molar refractivity (Wildman–Crippen MR) is 49.9 cm³/mol. The first-order chi connectivity index (χ1) is 5.45. The van der Waals surface area contributed by atoms with Crippen LogP contribution in [0.1, 0.15) is 41.0 Å². The van der Waals surface area contributed by atoms with E-state index < -0.39 is 0 Å². The number of rotatable bonds is 2. The summed E-state index contributed by atoms with van der Waals surface area (Å²) in [4.78, 5) is 20.8. The minimum atomic E-state index is -0.345. The molecule has 1 amide bonds. The fourth-order valence-electron chi connectivity index (χ4n) is 0.407. The summed E-state index contributed by atoms with van der Waals surface area (Å²) in [6.07, 6.45) is 1.25. The lowest BCUT2D eigenvalue weighted by Crippen LogP contribution is -2.35. The summed E-state index contributed by atoms with van der Waals surface area (Å²) >= 11 is 0. The van der Waals surface area contributed by atoms with Crippen LogP contribution in [-0.2, 0) is 9.59 Å². The fraction of sp³-hybridized carbons (Fsp3) is 0.778. The number of hydrogen-bond acceptors (Lipinski definition) is 2. The first-order valence-corrected chi connectivity index (χ1v) is 4.23. The SMILES string of the molecule is CC(=O)NC(C)C(C)=O.CCC. The average Bonchev–Trinajstić information content (AvgIpc) is 1.87. The smallest absolute Gasteiger partial charge is 0.217 e. The molecule has 0 aromatic carbocycles. The molecule has 0 saturated carbocycles. The molecule has 0 aliphatic rings. The van der Waals surface area contributed by atoms with Crippen LogP contribution >= 0.6 is 0 Å². The number of Topliss-reactive ketones (excluding diaryl/α,β-unsaturated/α-hetero) is 1. The van der Waals surface area contributed by atoms with Crippen molar-refractivity contribution in [2.24, 2.45) is 0 Å². The van der Waals surface area contributed by atoms with E-state index in [9.17, 15) is 9.59 Å². The Bertz CT molecular complexity index is 143. The highest BCUT2D eigenvalue weighted by Crippen LogP contribution is 1.81. The highest BCUT2D eigenvalue weighted by Gasteiger charge is 2.06. The van der Waals surface area contributed by atoms with Crippen LogP contribution in [-0.4, -0.2) is 17.7 Å². The summed E-state index contributed by atoms with van der Waals surface area (Å²) in [5, 5.41) is 2.45. The molecule has 3 heteroatoms. The summed E-state index contributed by atoms with van der Waals surface area (Å²) in [6, 6.07) is -0.345. The maximum Gasteiger partial charge on any atom is 0.217 e. The fourth-order valence-corrected chi connectivity index (χ4v) is 0.407. The highest BCUT2D eigenvalue weighted by atomic mass is 16.2. The van der Waals surface area contributed by atoms with Crippen molar-refractivity contribution in [3.8, 4) is 0 Å². The third-order valence-corrected chi connectivity index (χ3v) is 1.03. The topological polar surface area (TPSA) is 46.2 Å². The van der Waals surface area contributed by atoms with Crippen molar-refractivity contribution in [1.29, 1.82) is 0 Å². The van der Waals surface area contributed by atoms with Crippen LogP contribution < -0.4 is 5.32 Å². The lowest BCUT2D eigenvalue weighted by Gasteiger charge is -2.06. The van der Waals surface area contributed by atoms with Gasteiger partial charge < -0.3 is 5.32 Å². The molecule has 1 N–H and O–H groups in total. The Morgan fingerprint density at radius 3 is 1.67 bits per heavy atom. The van der Waals surface area contributed by atoms with Gasteiger partial charge in [0.05, 0.1) is 6.04 Å². The Morgan fingerprint density at radius 1 is 1.25 bits per heavy atom. The van der Waals surface area contributed by atoms with Gasteiger partial charge in [0.2, 0.25) is 5.91 Å². The third-order valence-electron chi connectivity index (χ3n) is 1.03. The molecule has 1 atom stereocenters. The van der Waals surface area contributed by atoms with Crippen molar-refractivity contribution in [2.75, 3.05) is 0 Å². The second-order valence-electron chi connectivity index (χ2n) is 2.74. The minimum Gasteiger partial charge on any atom is -0.347 e. The summed E-state index contributed by atoms with van der Waals surface area (Å²) in [6.45, 7) is 8.74. The van der Waals surface area contributed by atoms with Gasteiger partial charge in [0.25, 0.3) is 0 Å². The monoisotopic (exact) mass is 173 g/mol. The van der Waals surface area contributed by atoms with E-state index in [4.69, 9.17) is 0 Å². The number of carbonyl (C=O) groups excluding carboxylic acids is 2. The van der Waals surface area contributed by atoms with Crippen molar-refractivity contribution < 1.29 is 9.59 Å². The van der Waals surface area contributed by atoms with Crippen LogP contribution in [0, 0.1) is 0 Å². The lowest BCUT2D eigenvalue weighted by molar-refractivity contribution is -0.125. The zero-order chi connectivity index (χ0) is 10.1. The molecule has 3 nitrogen and oxygen atoms in total. The van der Waals surface area contributed by atoms with E-state index in [1.165, 1.54) is 20.3 Å². The Balaban J connectivity index is 0. The number of ketones is 1. The highest BCUT2D eigenvalue weighted by molar-refractivity contribution is 5.86. The van der Waals surface area contributed by atoms with Crippen molar-refractivity contribution >= 4 is 11.7 Å². The van der Waals surface area contributed by atoms with Gasteiger partial charge in [0.15, 0.2) is 5.78 Å². The second kappa shape index (κ2) is 8.24. The second-order valence-corrected chi connectivity index (χ2v) is 2.74. The summed E-state index contributed by atoms with van der Waals surface area (Å²) in [7, 11) is 0. The maximum atomic E-state index is 10.5. The predicted octanol–water partition coefficient (Wildman–Crippen LogP) is 1.52. The number of hydrogen-bond donors (Lipinski definition) is 1. The Kier molecular flexibility index (Phi) is 9.41. The zero-order valence-electron chi connectivity index (χ0n) is 8.60. The number of amides is 1. The van der Waals surface area contributed by atoms with E-state index in [1.807, 2.05) is 0 Å². The molecule has 0 radical (unpaired) electrons. The molecule has 12 heavy (non-hydrogen) atoms. The molecule has 0 aromatic heterocycles. The molecule has 0 fully saturated rings. The molecule has 1 unspecified atom stereocenters. The molecule has 0 aliphatic carbocycles. The summed E-state index contributed by atoms with van der Waals surface area (Å²) in [5.74, 6) is -0.192. The van der Waals surface area contributed by atoms with Gasteiger partial charge in [-0.1, -0.05) is 20.3 Å². The van der Waals surface area contributed by atoms with Gasteiger partial charge in [-0.25, -0.2) is 0 Å². The molecule has 72 valence electrons. The van der Waals surface area contributed by atoms with Gasteiger partial charge in [-0.15, -0.1) is 0 Å². The summed E-state index contributed by atoms with van der Waals surface area (Å²) < 4.78 is 0. The largest absolute Gasteiger partial charge is 0.347 e. The van der Waals surface area contributed by atoms with Crippen LogP contribution in [0.15, 0.2) is 0 Å². The molecule has 0 saturated heterocycles. The maximum absolute atomic E-state index is 10.5. The van der Waals surface area contributed by atoms with Crippen molar-refractivity contribution in [3.63, 3.8) is 0 Å². The zero-order valence-corrected chi connectivity index (χ0v) is 8.60. The normalized spacial score (nSPS) is 10.8. The molecule has 0 heterocycles. The van der Waals surface area contributed by atoms with E-state index in [2.05, 4.69) is 19.2 Å². The minimum absolute atomic E-state index is 0.0230. The van der Waals surface area contributed by atoms with Gasteiger partial charge >= 0.3 is 0 Å². The molecular formula is C9H19NO2. The average molecular weight is 173 g/mol. The molecular weight excluding hydrogens is 154 g/mol. The van der Waals surface area contributed by atoms with Gasteiger partial charge in [0.1, 0.15) is 0 Å². The van der Waals surface area contributed by atoms with Crippen molar-refractivity contribution in [2.45, 2.75) is 47.1 Å². The van der Waals surface area contributed by atoms with E-state index in [-0.39, 0.29) is 17.7 Å². The van der Waals surface area contributed by atoms with Gasteiger partial charge in [-0.2, -0.15) is 0 Å². The molecule has 0 bridgehead atoms. The standard InChI is InChI=1S/C6H11NO2.C3H8/c1-4(5(2)8)7-6(3)9;1-3-2/h4H,1-3H3,(H,7,9);3H2,1-2H3. The number of nitrogens with one attached hydrogen (secondary N) is 1. The van der Waals surface area contributed by atoms with E-state index >= 15 is 0 Å². The van der Waals surface area contributed by atoms with Gasteiger partial charge in [0, 0.05) is 6.92 Å². The molecule has 0 aromatic rings. The van der Waals surface area contributed by atoms with E-state index in [0.717, 1.165) is 0 Å². The van der Waals surface area contributed by atoms with Gasteiger partial charge in [-0.05, 0) is 13.8 Å². The summed E-state index contributed by atoms with van der Waals surface area (Å²) in [5.41, 5.74) is 0. The van der Waals surface area contributed by atoms with Crippen molar-refractivity contribution in [1.82, 2.24) is 5.32 Å². The van der Waals surface area contributed by atoms with Crippen LogP contribution in [0.25, 0.3) is 0 Å². The first-order valence-electron chi connectivity index (χ1n) is 4.23. The molecule has 0 aliphatic heterocycles. The van der Waals surface area contributed by atoms with Crippen LogP contribution in [0.2, 0.25) is 0 Å². The Labute approximate surface area is 74.5 Å². The Morgan fingerprint density at radius 2 is 1.58 bits per heavy atom. The molecule has 0 spiro atoms. The lowest BCUT2D eigenvalue weighted by atomic mass is 10.2. The molecule has 0 rings (SSSR count). The Hall–Kier alpha value is -0.860. The van der Waals surface area contributed by atoms with Crippen LogP contribution in [0.4, 0.5) is 0 Å². The van der Waals surface area contributed by atoms with Gasteiger partial charge in [-0.3, -0.25) is 9.59 Å². The quantitative estimate of drug-likeness (QED) is 0.688. The number of carbonyl (C=O) groups is 2. The van der Waals surface area contributed by atoms with Crippen LogP contribution in [0.3, 0.4) is 0 Å². The van der Waals surface area contributed by atoms with Crippen molar-refractivity contribution in [3.05, 3.63) is 0 Å². The van der Waals surface area contributed by atoms with E-state index in [0.29, 0.717) is 0 Å². The third kappa shape index (κ3) is 11.9. The first kappa shape index (κ1) is 13.7. The van der Waals surface area contributed by atoms with E-state index in [1.54, 1.807) is 6.92 Å².